The van der Waals surface area contributed by atoms with E-state index in [4.69, 9.17) is 5.73 Å². The Balaban J connectivity index is 2.37. The van der Waals surface area contributed by atoms with Crippen LogP contribution in [0.4, 0.5) is 0 Å². The van der Waals surface area contributed by atoms with Gasteiger partial charge >= 0.3 is 0 Å². The molecule has 2 heterocycles. The summed E-state index contributed by atoms with van der Waals surface area (Å²) < 4.78 is 26.3. The van der Waals surface area contributed by atoms with E-state index in [0.717, 1.165) is 22.8 Å². The Morgan fingerprint density at radius 1 is 1.39 bits per heavy atom. The molecule has 1 aliphatic heterocycles. The van der Waals surface area contributed by atoms with Gasteiger partial charge in [0.2, 0.25) is 10.0 Å². The molecule has 1 saturated heterocycles. The first-order valence-electron chi connectivity index (χ1n) is 5.41. The molecule has 0 aliphatic carbocycles. The van der Waals surface area contributed by atoms with E-state index < -0.39 is 15.9 Å². The fourth-order valence-corrected chi connectivity index (χ4v) is 5.76. The van der Waals surface area contributed by atoms with Crippen LogP contribution in [-0.2, 0) is 10.0 Å². The van der Waals surface area contributed by atoms with Gasteiger partial charge in [0.25, 0.3) is 5.91 Å². The largest absolute Gasteiger partial charge is 0.365 e. The highest BCUT2D eigenvalue weighted by molar-refractivity contribution is 7.99. The number of primary amides is 1. The zero-order chi connectivity index (χ0) is 13.3. The van der Waals surface area contributed by atoms with Crippen LogP contribution in [0.15, 0.2) is 11.0 Å². The Hall–Kier alpha value is -0.570. The molecule has 1 aliphatic rings. The lowest BCUT2D eigenvalue weighted by atomic mass is 10.4. The van der Waals surface area contributed by atoms with Gasteiger partial charge < -0.3 is 5.73 Å². The van der Waals surface area contributed by atoms with Crippen molar-refractivity contribution >= 4 is 39.0 Å². The lowest BCUT2D eigenvalue weighted by Crippen LogP contribution is -2.37. The number of rotatable bonds is 3. The molecular weight excluding hydrogens is 292 g/mol. The zero-order valence-corrected chi connectivity index (χ0v) is 12.3. The van der Waals surface area contributed by atoms with Crippen LogP contribution in [0, 0.1) is 6.92 Å². The Morgan fingerprint density at radius 2 is 2.00 bits per heavy atom. The van der Waals surface area contributed by atoms with Crippen LogP contribution in [0.2, 0.25) is 0 Å². The van der Waals surface area contributed by atoms with Crippen LogP contribution in [0.1, 0.15) is 14.5 Å². The number of nitrogens with two attached hydrogens (primary N) is 1. The Morgan fingerprint density at radius 3 is 2.50 bits per heavy atom. The maximum atomic E-state index is 12.4. The third-order valence-corrected chi connectivity index (χ3v) is 6.86. The van der Waals surface area contributed by atoms with E-state index in [2.05, 4.69) is 0 Å². The minimum Gasteiger partial charge on any atom is -0.365 e. The molecule has 1 aromatic rings. The van der Waals surface area contributed by atoms with Gasteiger partial charge in [0.15, 0.2) is 0 Å². The Labute approximate surface area is 114 Å². The first kappa shape index (κ1) is 13.9. The van der Waals surface area contributed by atoms with Gasteiger partial charge in [-0.25, -0.2) is 8.42 Å². The fourth-order valence-electron chi connectivity index (χ4n) is 1.77. The average molecular weight is 306 g/mol. The molecule has 0 aromatic carbocycles. The molecule has 5 nitrogen and oxygen atoms in total. The summed E-state index contributed by atoms with van der Waals surface area (Å²) in [5.41, 5.74) is 5.18. The van der Waals surface area contributed by atoms with Crippen LogP contribution in [0.3, 0.4) is 0 Å². The van der Waals surface area contributed by atoms with Gasteiger partial charge in [0.05, 0.1) is 9.77 Å². The van der Waals surface area contributed by atoms with Crippen molar-refractivity contribution in [2.75, 3.05) is 24.6 Å². The lowest BCUT2D eigenvalue weighted by Gasteiger charge is -2.25. The van der Waals surface area contributed by atoms with Gasteiger partial charge in [0, 0.05) is 29.5 Å². The van der Waals surface area contributed by atoms with E-state index in [1.54, 1.807) is 18.7 Å². The first-order valence-corrected chi connectivity index (χ1v) is 8.82. The highest BCUT2D eigenvalue weighted by Gasteiger charge is 2.29. The summed E-state index contributed by atoms with van der Waals surface area (Å²) in [6.07, 6.45) is 0. The summed E-state index contributed by atoms with van der Waals surface area (Å²) in [7, 11) is -3.48. The summed E-state index contributed by atoms with van der Waals surface area (Å²) in [5.74, 6) is 1.04. The number of hydrogen-bond donors (Lipinski definition) is 1. The standard InChI is InChI=1S/C10H14N2O3S3/c1-7-9(6-8(17-7)10(11)13)18(14,15)12-2-4-16-5-3-12/h6H,2-5H2,1H3,(H2,11,13). The maximum Gasteiger partial charge on any atom is 0.258 e. The van der Waals surface area contributed by atoms with Gasteiger partial charge in [-0.2, -0.15) is 16.1 Å². The monoisotopic (exact) mass is 306 g/mol. The molecule has 1 amide bonds. The number of aryl methyl sites for hydroxylation is 1. The van der Waals surface area contributed by atoms with Crippen molar-refractivity contribution in [2.45, 2.75) is 11.8 Å². The molecule has 2 N–H and O–H groups in total. The molecule has 1 fully saturated rings. The Kier molecular flexibility index (Phi) is 4.00. The molecule has 1 aromatic heterocycles. The molecule has 0 spiro atoms. The highest BCUT2D eigenvalue weighted by Crippen LogP contribution is 2.29. The number of carbonyl (C=O) groups excluding carboxylic acids is 1. The number of nitrogens with zero attached hydrogens (tertiary/aromatic N) is 1. The number of thioether (sulfide) groups is 1. The van der Waals surface area contributed by atoms with Gasteiger partial charge in [-0.1, -0.05) is 0 Å². The summed E-state index contributed by atoms with van der Waals surface area (Å²) in [6, 6.07) is 1.39. The topological polar surface area (TPSA) is 80.5 Å². The number of sulfonamides is 1. The highest BCUT2D eigenvalue weighted by atomic mass is 32.2. The molecular formula is C10H14N2O3S3. The minimum atomic E-state index is -3.48. The smallest absolute Gasteiger partial charge is 0.258 e. The molecule has 0 saturated carbocycles. The predicted octanol–water partition coefficient (Wildman–Crippen LogP) is 0.893. The van der Waals surface area contributed by atoms with E-state index in [0.29, 0.717) is 18.0 Å². The summed E-state index contributed by atoms with van der Waals surface area (Å²) in [6.45, 7) is 2.74. The molecule has 0 radical (unpaired) electrons. The SMILES string of the molecule is Cc1sc(C(N)=O)cc1S(=O)(=O)N1CCSCC1. The summed E-state index contributed by atoms with van der Waals surface area (Å²) in [5, 5.41) is 0. The van der Waals surface area contributed by atoms with Crippen molar-refractivity contribution < 1.29 is 13.2 Å². The maximum absolute atomic E-state index is 12.4. The fraction of sp³-hybridized carbons (Fsp3) is 0.500. The molecule has 18 heavy (non-hydrogen) atoms. The van der Waals surface area contributed by atoms with Crippen LogP contribution < -0.4 is 5.73 Å². The van der Waals surface area contributed by atoms with Crippen molar-refractivity contribution in [1.82, 2.24) is 4.31 Å². The van der Waals surface area contributed by atoms with Gasteiger partial charge in [-0.05, 0) is 13.0 Å². The van der Waals surface area contributed by atoms with Gasteiger partial charge in [0.1, 0.15) is 0 Å². The van der Waals surface area contributed by atoms with E-state index in [1.165, 1.54) is 10.4 Å². The number of hydrogen-bond acceptors (Lipinski definition) is 5. The molecule has 100 valence electrons. The summed E-state index contributed by atoms with van der Waals surface area (Å²) in [4.78, 5) is 12.2. The van der Waals surface area contributed by atoms with E-state index in [-0.39, 0.29) is 9.77 Å². The third-order valence-electron chi connectivity index (χ3n) is 2.70. The molecule has 0 bridgehead atoms. The molecule has 2 rings (SSSR count). The minimum absolute atomic E-state index is 0.216. The lowest BCUT2D eigenvalue weighted by molar-refractivity contribution is 0.100. The van der Waals surface area contributed by atoms with Crippen molar-refractivity contribution in [3.05, 3.63) is 15.8 Å². The third kappa shape index (κ3) is 2.56. The quantitative estimate of drug-likeness (QED) is 0.899. The van der Waals surface area contributed by atoms with Crippen molar-refractivity contribution in [3.8, 4) is 0 Å². The first-order chi connectivity index (χ1) is 8.43. The molecule has 8 heteroatoms. The second-order valence-corrected chi connectivity index (χ2v) is 8.30. The molecule has 0 unspecified atom stereocenters. The van der Waals surface area contributed by atoms with Crippen LogP contribution >= 0.6 is 23.1 Å². The van der Waals surface area contributed by atoms with E-state index in [9.17, 15) is 13.2 Å². The van der Waals surface area contributed by atoms with E-state index in [1.807, 2.05) is 0 Å². The van der Waals surface area contributed by atoms with Gasteiger partial charge in [-0.3, -0.25) is 4.79 Å². The zero-order valence-electron chi connectivity index (χ0n) is 9.88. The second kappa shape index (κ2) is 5.20. The van der Waals surface area contributed by atoms with Crippen molar-refractivity contribution in [1.29, 1.82) is 0 Å². The van der Waals surface area contributed by atoms with Crippen molar-refractivity contribution in [2.24, 2.45) is 5.73 Å². The number of carbonyl (C=O) groups is 1. The number of thiophene rings is 1. The summed E-state index contributed by atoms with van der Waals surface area (Å²) >= 11 is 2.87. The van der Waals surface area contributed by atoms with E-state index >= 15 is 0 Å². The Bertz CT molecular complexity index is 559. The van der Waals surface area contributed by atoms with Gasteiger partial charge in [-0.15, -0.1) is 11.3 Å². The normalized spacial score (nSPS) is 17.8. The van der Waals surface area contributed by atoms with Crippen molar-refractivity contribution in [3.63, 3.8) is 0 Å². The second-order valence-electron chi connectivity index (χ2n) is 3.91. The predicted molar refractivity (Wildman–Crippen MR) is 73.7 cm³/mol. The van der Waals surface area contributed by atoms with Crippen LogP contribution in [-0.4, -0.2) is 43.2 Å². The average Bonchev–Trinajstić information content (AvgIpc) is 2.73. The number of amides is 1. The van der Waals surface area contributed by atoms with Crippen LogP contribution in [0.5, 0.6) is 0 Å². The van der Waals surface area contributed by atoms with Crippen LogP contribution in [0.25, 0.3) is 0 Å². The molecule has 0 atom stereocenters.